The topological polar surface area (TPSA) is 64.1 Å². The first-order valence-corrected chi connectivity index (χ1v) is 7.81. The largest absolute Gasteiger partial charge is 0.481 e. The number of amides is 2. The summed E-state index contributed by atoms with van der Waals surface area (Å²) in [5.41, 5.74) is 0.134. The molecule has 0 aliphatic carbocycles. The third kappa shape index (κ3) is 3.87. The van der Waals surface area contributed by atoms with Gasteiger partial charge in [-0.05, 0) is 33.6 Å². The van der Waals surface area contributed by atoms with Crippen molar-refractivity contribution in [1.29, 1.82) is 0 Å². The van der Waals surface area contributed by atoms with Gasteiger partial charge in [-0.3, -0.25) is 9.69 Å². The van der Waals surface area contributed by atoms with Gasteiger partial charge in [0.1, 0.15) is 0 Å². The number of piperidine rings is 1. The number of piperazine rings is 1. The zero-order chi connectivity index (χ0) is 15.6. The third-order valence-corrected chi connectivity index (χ3v) is 4.54. The second-order valence-electron chi connectivity index (χ2n) is 7.05. The van der Waals surface area contributed by atoms with Crippen LogP contribution in [0, 0.1) is 5.92 Å². The number of nitrogens with zero attached hydrogens (tertiary/aromatic N) is 3. The summed E-state index contributed by atoms with van der Waals surface area (Å²) in [4.78, 5) is 29.6. The van der Waals surface area contributed by atoms with Crippen LogP contribution in [0.1, 0.15) is 33.6 Å². The maximum Gasteiger partial charge on any atom is 0.320 e. The molecule has 1 N–H and O–H groups in total. The van der Waals surface area contributed by atoms with Crippen LogP contribution in [0.25, 0.3) is 0 Å². The van der Waals surface area contributed by atoms with Crippen LogP contribution in [-0.4, -0.2) is 76.6 Å². The van der Waals surface area contributed by atoms with Gasteiger partial charge in [-0.15, -0.1) is 0 Å². The van der Waals surface area contributed by atoms with Crippen LogP contribution >= 0.6 is 0 Å². The lowest BCUT2D eigenvalue weighted by atomic mass is 9.98. The number of urea groups is 1. The van der Waals surface area contributed by atoms with E-state index in [0.717, 1.165) is 32.6 Å². The molecule has 0 bridgehead atoms. The molecule has 0 saturated carbocycles. The fraction of sp³-hybridized carbons (Fsp3) is 0.867. The highest BCUT2D eigenvalue weighted by Crippen LogP contribution is 2.20. The average molecular weight is 297 g/mol. The number of hydrogen-bond donors (Lipinski definition) is 1. The number of carboxylic acid groups (broad SMARTS) is 1. The molecule has 6 nitrogen and oxygen atoms in total. The van der Waals surface area contributed by atoms with Gasteiger partial charge in [0, 0.05) is 44.8 Å². The molecule has 1 atom stereocenters. The van der Waals surface area contributed by atoms with Crippen molar-refractivity contribution in [2.75, 3.05) is 39.3 Å². The van der Waals surface area contributed by atoms with Crippen LogP contribution in [0.3, 0.4) is 0 Å². The summed E-state index contributed by atoms with van der Waals surface area (Å²) in [5, 5.41) is 9.11. The Balaban J connectivity index is 1.88. The van der Waals surface area contributed by atoms with Gasteiger partial charge in [-0.25, -0.2) is 4.79 Å². The van der Waals surface area contributed by atoms with E-state index in [1.54, 1.807) is 4.90 Å². The highest BCUT2D eigenvalue weighted by molar-refractivity contribution is 5.76. The quantitative estimate of drug-likeness (QED) is 0.793. The lowest BCUT2D eigenvalue weighted by Gasteiger charge is -2.44. The van der Waals surface area contributed by atoms with Crippen LogP contribution < -0.4 is 0 Å². The van der Waals surface area contributed by atoms with E-state index in [4.69, 9.17) is 5.11 Å². The summed E-state index contributed by atoms with van der Waals surface area (Å²) >= 11 is 0. The molecule has 6 heteroatoms. The van der Waals surface area contributed by atoms with Crippen LogP contribution in [0.4, 0.5) is 4.79 Å². The first-order valence-electron chi connectivity index (χ1n) is 7.81. The normalized spacial score (nSPS) is 25.0. The zero-order valence-corrected chi connectivity index (χ0v) is 13.3. The van der Waals surface area contributed by atoms with E-state index in [9.17, 15) is 9.59 Å². The Morgan fingerprint density at radius 3 is 2.14 bits per heavy atom. The first kappa shape index (κ1) is 16.1. The lowest BCUT2D eigenvalue weighted by molar-refractivity contribution is -0.143. The Labute approximate surface area is 126 Å². The number of carbonyl (C=O) groups is 2. The molecule has 2 saturated heterocycles. The van der Waals surface area contributed by atoms with Crippen LogP contribution in [0.15, 0.2) is 0 Å². The van der Waals surface area contributed by atoms with Crippen LogP contribution in [-0.2, 0) is 4.79 Å². The minimum Gasteiger partial charge on any atom is -0.481 e. The molecule has 2 amide bonds. The molecular formula is C15H27N3O3. The van der Waals surface area contributed by atoms with E-state index in [-0.39, 0.29) is 11.6 Å². The summed E-state index contributed by atoms with van der Waals surface area (Å²) in [6, 6.07) is 0.00880. The van der Waals surface area contributed by atoms with Crippen molar-refractivity contribution in [2.24, 2.45) is 5.92 Å². The van der Waals surface area contributed by atoms with Gasteiger partial charge in [0.2, 0.25) is 0 Å². The first-order chi connectivity index (χ1) is 9.79. The minimum absolute atomic E-state index is 0.00880. The Kier molecular flexibility index (Phi) is 4.76. The highest BCUT2D eigenvalue weighted by atomic mass is 16.4. The van der Waals surface area contributed by atoms with Gasteiger partial charge in [0.05, 0.1) is 5.92 Å². The fourth-order valence-corrected chi connectivity index (χ4v) is 3.12. The predicted octanol–water partition coefficient (Wildman–Crippen LogP) is 1.32. The molecule has 2 aliphatic heterocycles. The van der Waals surface area contributed by atoms with Gasteiger partial charge in [0.25, 0.3) is 0 Å². The average Bonchev–Trinajstić information content (AvgIpc) is 2.46. The summed E-state index contributed by atoms with van der Waals surface area (Å²) in [6.45, 7) is 10.8. The monoisotopic (exact) mass is 297 g/mol. The maximum absolute atomic E-state index is 12.5. The molecule has 2 rings (SSSR count). The number of aliphatic carboxylic acids is 1. The van der Waals surface area contributed by atoms with Crippen LogP contribution in [0.2, 0.25) is 0 Å². The molecule has 0 unspecified atom stereocenters. The molecule has 0 spiro atoms. The number of carboxylic acids is 1. The molecule has 0 radical (unpaired) electrons. The molecular weight excluding hydrogens is 270 g/mol. The second kappa shape index (κ2) is 6.22. The molecule has 0 aromatic heterocycles. The Morgan fingerprint density at radius 1 is 1.00 bits per heavy atom. The molecule has 2 fully saturated rings. The molecule has 0 aromatic carbocycles. The molecule has 2 heterocycles. The maximum atomic E-state index is 12.5. The third-order valence-electron chi connectivity index (χ3n) is 4.54. The summed E-state index contributed by atoms with van der Waals surface area (Å²) in [5.74, 6) is -1.19. The minimum atomic E-state index is -0.787. The van der Waals surface area contributed by atoms with E-state index < -0.39 is 11.9 Å². The second-order valence-corrected chi connectivity index (χ2v) is 7.05. The van der Waals surface area contributed by atoms with Crippen molar-refractivity contribution in [2.45, 2.75) is 39.2 Å². The van der Waals surface area contributed by atoms with Gasteiger partial charge in [-0.2, -0.15) is 0 Å². The highest BCUT2D eigenvalue weighted by Gasteiger charge is 2.33. The molecule has 2 aliphatic rings. The Bertz CT molecular complexity index is 397. The van der Waals surface area contributed by atoms with E-state index in [2.05, 4.69) is 25.7 Å². The van der Waals surface area contributed by atoms with Gasteiger partial charge < -0.3 is 14.9 Å². The lowest BCUT2D eigenvalue weighted by Crippen LogP contribution is -2.58. The van der Waals surface area contributed by atoms with Crippen molar-refractivity contribution >= 4 is 12.0 Å². The van der Waals surface area contributed by atoms with E-state index in [0.29, 0.717) is 19.5 Å². The van der Waals surface area contributed by atoms with Crippen molar-refractivity contribution in [3.05, 3.63) is 0 Å². The number of carbonyl (C=O) groups excluding carboxylic acids is 1. The molecule has 0 aromatic rings. The summed E-state index contributed by atoms with van der Waals surface area (Å²) in [7, 11) is 0. The number of hydrogen-bond acceptors (Lipinski definition) is 3. The zero-order valence-electron chi connectivity index (χ0n) is 13.3. The number of rotatable bonds is 1. The standard InChI is InChI=1S/C15H27N3O3/c1-15(2,3)18-9-7-16(8-10-18)14(21)17-6-4-5-12(11-17)13(19)20/h12H,4-11H2,1-3H3,(H,19,20)/t12-/m1/s1. The van der Waals surface area contributed by atoms with Gasteiger partial charge in [0.15, 0.2) is 0 Å². The van der Waals surface area contributed by atoms with E-state index in [1.807, 2.05) is 4.90 Å². The predicted molar refractivity (Wildman–Crippen MR) is 80.2 cm³/mol. The van der Waals surface area contributed by atoms with Gasteiger partial charge in [-0.1, -0.05) is 0 Å². The molecule has 21 heavy (non-hydrogen) atoms. The van der Waals surface area contributed by atoms with Gasteiger partial charge >= 0.3 is 12.0 Å². The Morgan fingerprint density at radius 2 is 1.62 bits per heavy atom. The van der Waals surface area contributed by atoms with E-state index >= 15 is 0 Å². The summed E-state index contributed by atoms with van der Waals surface area (Å²) in [6.07, 6.45) is 1.46. The SMILES string of the molecule is CC(C)(C)N1CCN(C(=O)N2CCC[C@@H](C(=O)O)C2)CC1. The van der Waals surface area contributed by atoms with E-state index in [1.165, 1.54) is 0 Å². The number of likely N-dealkylation sites (tertiary alicyclic amines) is 1. The smallest absolute Gasteiger partial charge is 0.320 e. The van der Waals surface area contributed by atoms with Crippen molar-refractivity contribution in [3.63, 3.8) is 0 Å². The van der Waals surface area contributed by atoms with Crippen molar-refractivity contribution in [1.82, 2.24) is 14.7 Å². The van der Waals surface area contributed by atoms with Crippen molar-refractivity contribution < 1.29 is 14.7 Å². The summed E-state index contributed by atoms with van der Waals surface area (Å²) < 4.78 is 0. The fourth-order valence-electron chi connectivity index (χ4n) is 3.12. The molecule has 120 valence electrons. The van der Waals surface area contributed by atoms with Crippen molar-refractivity contribution in [3.8, 4) is 0 Å². The van der Waals surface area contributed by atoms with Crippen LogP contribution in [0.5, 0.6) is 0 Å². The Hall–Kier alpha value is -1.30.